The fraction of sp³-hybridized carbons (Fsp3) is 0.667. The molecule has 3 nitrogen and oxygen atoms in total. The van der Waals surface area contributed by atoms with Crippen LogP contribution in [0.5, 0.6) is 0 Å². The fourth-order valence-corrected chi connectivity index (χ4v) is 2.59. The molecule has 1 fully saturated rings. The van der Waals surface area contributed by atoms with Gasteiger partial charge in [0.2, 0.25) is 0 Å². The molecule has 0 aliphatic heterocycles. The Balaban J connectivity index is 1.99. The lowest BCUT2D eigenvalue weighted by Crippen LogP contribution is -2.32. The van der Waals surface area contributed by atoms with Gasteiger partial charge in [-0.1, -0.05) is 31.9 Å². The third-order valence-electron chi connectivity index (χ3n) is 3.16. The van der Waals surface area contributed by atoms with Crippen LogP contribution in [-0.2, 0) is 0 Å². The van der Waals surface area contributed by atoms with Crippen LogP contribution in [0.15, 0.2) is 12.4 Å². The summed E-state index contributed by atoms with van der Waals surface area (Å²) in [7, 11) is 0. The smallest absolute Gasteiger partial charge is 0.149 e. The second-order valence-electron chi connectivity index (χ2n) is 5.33. The van der Waals surface area contributed by atoms with E-state index >= 15 is 0 Å². The number of nitrogens with one attached hydrogen (secondary N) is 1. The molecule has 1 unspecified atom stereocenters. The summed E-state index contributed by atoms with van der Waals surface area (Å²) in [5, 5.41) is 3.86. The van der Waals surface area contributed by atoms with Gasteiger partial charge in [-0.05, 0) is 24.7 Å². The number of rotatable bonds is 2. The summed E-state index contributed by atoms with van der Waals surface area (Å²) >= 11 is 5.80. The third-order valence-corrected chi connectivity index (χ3v) is 3.34. The average Bonchev–Trinajstić information content (AvgIpc) is 2.15. The van der Waals surface area contributed by atoms with Crippen molar-refractivity contribution in [3.63, 3.8) is 0 Å². The Bertz CT molecular complexity index is 365. The summed E-state index contributed by atoms with van der Waals surface area (Å²) in [5.74, 6) is 0.787. The molecule has 0 amide bonds. The molecule has 1 aliphatic carbocycles. The van der Waals surface area contributed by atoms with Gasteiger partial charge >= 0.3 is 0 Å². The minimum absolute atomic E-state index is 0.432. The topological polar surface area (TPSA) is 37.8 Å². The molecule has 2 rings (SSSR count). The highest BCUT2D eigenvalue weighted by molar-refractivity contribution is 6.29. The Morgan fingerprint density at radius 2 is 2.25 bits per heavy atom. The first-order chi connectivity index (χ1) is 7.55. The van der Waals surface area contributed by atoms with Crippen LogP contribution in [0.25, 0.3) is 0 Å². The zero-order valence-electron chi connectivity index (χ0n) is 9.83. The van der Waals surface area contributed by atoms with E-state index in [0.717, 1.165) is 5.82 Å². The van der Waals surface area contributed by atoms with Crippen molar-refractivity contribution < 1.29 is 0 Å². The van der Waals surface area contributed by atoms with Crippen molar-refractivity contribution in [2.45, 2.75) is 45.6 Å². The van der Waals surface area contributed by atoms with Gasteiger partial charge in [-0.25, -0.2) is 4.98 Å². The third kappa shape index (κ3) is 3.08. The van der Waals surface area contributed by atoms with Gasteiger partial charge in [0.15, 0.2) is 0 Å². The first-order valence-electron chi connectivity index (χ1n) is 5.79. The van der Waals surface area contributed by atoms with Crippen molar-refractivity contribution in [1.82, 2.24) is 9.97 Å². The number of nitrogens with zero attached hydrogens (tertiary/aromatic N) is 2. The molecule has 1 aromatic heterocycles. The minimum Gasteiger partial charge on any atom is -0.366 e. The number of aromatic nitrogens is 2. The zero-order valence-corrected chi connectivity index (χ0v) is 10.6. The Kier molecular flexibility index (Phi) is 3.33. The fourth-order valence-electron chi connectivity index (χ4n) is 2.44. The van der Waals surface area contributed by atoms with Crippen LogP contribution in [0.3, 0.4) is 0 Å². The standard InChI is InChI=1S/C12H18ClN3/c1-12(2)5-3-4-9(6-12)15-11-8-14-7-10(13)16-11/h7-9H,3-6H2,1-2H3,(H,15,16). The SMILES string of the molecule is CC1(C)CCCC(Nc2cncc(Cl)n2)C1. The van der Waals surface area contributed by atoms with Crippen molar-refractivity contribution in [1.29, 1.82) is 0 Å². The molecule has 1 N–H and O–H groups in total. The summed E-state index contributed by atoms with van der Waals surface area (Å²) < 4.78 is 0. The van der Waals surface area contributed by atoms with E-state index in [-0.39, 0.29) is 0 Å². The molecular formula is C12H18ClN3. The van der Waals surface area contributed by atoms with E-state index in [0.29, 0.717) is 16.6 Å². The van der Waals surface area contributed by atoms with E-state index < -0.39 is 0 Å². The van der Waals surface area contributed by atoms with Crippen LogP contribution in [-0.4, -0.2) is 16.0 Å². The highest BCUT2D eigenvalue weighted by Crippen LogP contribution is 2.36. The van der Waals surface area contributed by atoms with Crippen LogP contribution in [0.4, 0.5) is 5.82 Å². The Morgan fingerprint density at radius 1 is 1.44 bits per heavy atom. The van der Waals surface area contributed by atoms with E-state index in [2.05, 4.69) is 29.1 Å². The molecule has 1 aliphatic rings. The van der Waals surface area contributed by atoms with Crippen molar-refractivity contribution in [3.05, 3.63) is 17.5 Å². The second-order valence-corrected chi connectivity index (χ2v) is 5.72. The summed E-state index contributed by atoms with van der Waals surface area (Å²) in [5.41, 5.74) is 0.432. The molecular weight excluding hydrogens is 222 g/mol. The predicted octanol–water partition coefficient (Wildman–Crippen LogP) is 3.51. The van der Waals surface area contributed by atoms with Crippen molar-refractivity contribution in [2.75, 3.05) is 5.32 Å². The molecule has 0 aromatic carbocycles. The Labute approximate surface area is 102 Å². The van der Waals surface area contributed by atoms with Gasteiger partial charge in [0.05, 0.1) is 12.4 Å². The summed E-state index contributed by atoms with van der Waals surface area (Å²) in [4.78, 5) is 8.24. The maximum Gasteiger partial charge on any atom is 0.149 e. The maximum atomic E-state index is 5.80. The largest absolute Gasteiger partial charge is 0.366 e. The maximum absolute atomic E-state index is 5.80. The first-order valence-corrected chi connectivity index (χ1v) is 6.17. The van der Waals surface area contributed by atoms with Gasteiger partial charge in [0.1, 0.15) is 11.0 Å². The highest BCUT2D eigenvalue weighted by atomic mass is 35.5. The second kappa shape index (κ2) is 4.58. The van der Waals surface area contributed by atoms with E-state index in [1.54, 1.807) is 12.4 Å². The zero-order chi connectivity index (χ0) is 11.6. The lowest BCUT2D eigenvalue weighted by Gasteiger charge is -2.35. The Morgan fingerprint density at radius 3 is 2.94 bits per heavy atom. The molecule has 0 spiro atoms. The molecule has 0 saturated heterocycles. The summed E-state index contributed by atoms with van der Waals surface area (Å²) in [6, 6.07) is 0.497. The lowest BCUT2D eigenvalue weighted by molar-refractivity contribution is 0.229. The summed E-state index contributed by atoms with van der Waals surface area (Å²) in [6.45, 7) is 4.65. The number of hydrogen-bond acceptors (Lipinski definition) is 3. The molecule has 0 bridgehead atoms. The molecule has 1 atom stereocenters. The van der Waals surface area contributed by atoms with Gasteiger partial charge in [0.25, 0.3) is 0 Å². The predicted molar refractivity (Wildman–Crippen MR) is 66.7 cm³/mol. The number of hydrogen-bond donors (Lipinski definition) is 1. The Hall–Kier alpha value is -0.830. The molecule has 4 heteroatoms. The van der Waals surface area contributed by atoms with Gasteiger partial charge in [-0.2, -0.15) is 0 Å². The highest BCUT2D eigenvalue weighted by Gasteiger charge is 2.27. The molecule has 1 saturated carbocycles. The molecule has 16 heavy (non-hydrogen) atoms. The van der Waals surface area contributed by atoms with Gasteiger partial charge in [-0.3, -0.25) is 4.98 Å². The van der Waals surface area contributed by atoms with Crippen LogP contribution in [0.2, 0.25) is 5.15 Å². The van der Waals surface area contributed by atoms with Crippen LogP contribution < -0.4 is 5.32 Å². The molecule has 88 valence electrons. The normalized spacial score (nSPS) is 24.1. The van der Waals surface area contributed by atoms with Crippen LogP contribution >= 0.6 is 11.6 Å². The minimum atomic E-state index is 0.432. The van der Waals surface area contributed by atoms with Crippen molar-refractivity contribution >= 4 is 17.4 Å². The van der Waals surface area contributed by atoms with Crippen molar-refractivity contribution in [2.24, 2.45) is 5.41 Å². The van der Waals surface area contributed by atoms with Gasteiger partial charge in [-0.15, -0.1) is 0 Å². The monoisotopic (exact) mass is 239 g/mol. The van der Waals surface area contributed by atoms with E-state index in [1.807, 2.05) is 0 Å². The lowest BCUT2D eigenvalue weighted by atomic mass is 9.75. The van der Waals surface area contributed by atoms with E-state index in [4.69, 9.17) is 11.6 Å². The molecule has 1 heterocycles. The van der Waals surface area contributed by atoms with Gasteiger partial charge in [0, 0.05) is 6.04 Å². The molecule has 0 radical (unpaired) electrons. The molecule has 1 aromatic rings. The summed E-state index contributed by atoms with van der Waals surface area (Å²) in [6.07, 6.45) is 8.26. The van der Waals surface area contributed by atoms with E-state index in [9.17, 15) is 0 Å². The average molecular weight is 240 g/mol. The van der Waals surface area contributed by atoms with Gasteiger partial charge < -0.3 is 5.32 Å². The van der Waals surface area contributed by atoms with Crippen LogP contribution in [0.1, 0.15) is 39.5 Å². The van der Waals surface area contributed by atoms with Crippen LogP contribution in [0, 0.1) is 5.41 Å². The first kappa shape index (κ1) is 11.6. The van der Waals surface area contributed by atoms with Crippen molar-refractivity contribution in [3.8, 4) is 0 Å². The van der Waals surface area contributed by atoms with E-state index in [1.165, 1.54) is 25.7 Å². The number of halogens is 1. The quantitative estimate of drug-likeness (QED) is 0.858. The number of anilines is 1.